The maximum absolute atomic E-state index is 12.0. The Bertz CT molecular complexity index is 558. The number of alkyl halides is 3. The quantitative estimate of drug-likeness (QED) is 0.929. The van der Waals surface area contributed by atoms with Crippen LogP contribution in [0.25, 0.3) is 0 Å². The van der Waals surface area contributed by atoms with E-state index in [2.05, 4.69) is 14.7 Å². The summed E-state index contributed by atoms with van der Waals surface area (Å²) in [6.45, 7) is 0. The van der Waals surface area contributed by atoms with Crippen molar-refractivity contribution in [2.24, 2.45) is 0 Å². The highest BCUT2D eigenvalue weighted by molar-refractivity contribution is 5.47. The number of nitrogens with zero attached hydrogens (tertiary/aromatic N) is 2. The van der Waals surface area contributed by atoms with E-state index >= 15 is 0 Å². The Kier molecular flexibility index (Phi) is 3.41. The van der Waals surface area contributed by atoms with Gasteiger partial charge in [0.2, 0.25) is 5.88 Å². The zero-order valence-corrected chi connectivity index (χ0v) is 9.39. The van der Waals surface area contributed by atoms with Crippen molar-refractivity contribution in [3.05, 3.63) is 36.8 Å². The highest BCUT2D eigenvalue weighted by atomic mass is 19.4. The summed E-state index contributed by atoms with van der Waals surface area (Å²) < 4.78 is 44.9. The number of aromatic nitrogens is 2. The maximum Gasteiger partial charge on any atom is 0.573 e. The van der Waals surface area contributed by atoms with Crippen LogP contribution in [0.5, 0.6) is 17.4 Å². The second-order valence-electron chi connectivity index (χ2n) is 3.40. The summed E-state index contributed by atoms with van der Waals surface area (Å²) in [6.07, 6.45) is -2.13. The molecule has 1 aromatic heterocycles. The van der Waals surface area contributed by atoms with E-state index < -0.39 is 6.36 Å². The average Bonchev–Trinajstić information content (AvgIpc) is 2.33. The van der Waals surface area contributed by atoms with Crippen LogP contribution in [-0.2, 0) is 0 Å². The normalized spacial score (nSPS) is 11.1. The average molecular weight is 271 g/mol. The van der Waals surface area contributed by atoms with Gasteiger partial charge in [0.25, 0.3) is 0 Å². The van der Waals surface area contributed by atoms with Crippen molar-refractivity contribution in [3.8, 4) is 17.4 Å². The second kappa shape index (κ2) is 5.01. The van der Waals surface area contributed by atoms with Crippen LogP contribution in [0, 0.1) is 0 Å². The van der Waals surface area contributed by atoms with Gasteiger partial charge in [-0.25, -0.2) is 4.98 Å². The van der Waals surface area contributed by atoms with Crippen LogP contribution in [0.4, 0.5) is 18.9 Å². The van der Waals surface area contributed by atoms with Crippen LogP contribution in [0.1, 0.15) is 0 Å². The highest BCUT2D eigenvalue weighted by Crippen LogP contribution is 2.28. The van der Waals surface area contributed by atoms with E-state index in [1.807, 2.05) is 0 Å². The lowest BCUT2D eigenvalue weighted by molar-refractivity contribution is -0.274. The van der Waals surface area contributed by atoms with E-state index in [0.717, 1.165) is 12.1 Å². The number of hydrogen-bond acceptors (Lipinski definition) is 5. The first kappa shape index (κ1) is 12.9. The Balaban J connectivity index is 2.09. The van der Waals surface area contributed by atoms with Gasteiger partial charge < -0.3 is 15.2 Å². The molecule has 2 rings (SSSR count). The fraction of sp³-hybridized carbons (Fsp3) is 0.0909. The molecule has 0 spiro atoms. The van der Waals surface area contributed by atoms with Crippen molar-refractivity contribution in [2.75, 3.05) is 5.73 Å². The molecule has 100 valence electrons. The molecule has 0 unspecified atom stereocenters. The van der Waals surface area contributed by atoms with E-state index in [1.165, 1.54) is 24.7 Å². The van der Waals surface area contributed by atoms with Crippen molar-refractivity contribution in [1.29, 1.82) is 0 Å². The molecule has 0 aliphatic rings. The first-order valence-electron chi connectivity index (χ1n) is 5.03. The molecule has 19 heavy (non-hydrogen) atoms. The van der Waals surface area contributed by atoms with Gasteiger partial charge in [0.05, 0.1) is 6.20 Å². The molecule has 2 aromatic rings. The summed E-state index contributed by atoms with van der Waals surface area (Å²) >= 11 is 0. The minimum atomic E-state index is -4.72. The molecule has 1 heterocycles. The van der Waals surface area contributed by atoms with Gasteiger partial charge in [-0.2, -0.15) is 4.98 Å². The van der Waals surface area contributed by atoms with Crippen molar-refractivity contribution in [2.45, 2.75) is 6.36 Å². The first-order chi connectivity index (χ1) is 8.94. The number of ether oxygens (including phenoxy) is 2. The number of nitrogens with two attached hydrogens (primary N) is 1. The summed E-state index contributed by atoms with van der Waals surface area (Å²) in [5, 5.41) is 0. The number of hydrogen-bond donors (Lipinski definition) is 1. The van der Waals surface area contributed by atoms with E-state index in [-0.39, 0.29) is 23.1 Å². The molecule has 0 radical (unpaired) electrons. The topological polar surface area (TPSA) is 70.3 Å². The molecule has 0 saturated heterocycles. The molecule has 0 saturated carbocycles. The minimum absolute atomic E-state index is 0.125. The van der Waals surface area contributed by atoms with Gasteiger partial charge in [-0.3, -0.25) is 0 Å². The summed E-state index contributed by atoms with van der Waals surface area (Å²) in [6, 6.07) is 4.87. The number of rotatable bonds is 3. The van der Waals surface area contributed by atoms with Crippen LogP contribution >= 0.6 is 0 Å². The van der Waals surface area contributed by atoms with Gasteiger partial charge in [-0.05, 0) is 24.3 Å². The third-order valence-electron chi connectivity index (χ3n) is 1.97. The lowest BCUT2D eigenvalue weighted by Crippen LogP contribution is -2.16. The van der Waals surface area contributed by atoms with Gasteiger partial charge >= 0.3 is 6.36 Å². The molecule has 8 heteroatoms. The number of nitrogen functional groups attached to an aromatic ring is 1. The Morgan fingerprint density at radius 3 is 2.26 bits per heavy atom. The fourth-order valence-electron chi connectivity index (χ4n) is 1.24. The Hall–Kier alpha value is -2.51. The molecular weight excluding hydrogens is 263 g/mol. The van der Waals surface area contributed by atoms with Crippen LogP contribution in [-0.4, -0.2) is 16.3 Å². The van der Waals surface area contributed by atoms with Crippen LogP contribution in [0.15, 0.2) is 36.8 Å². The van der Waals surface area contributed by atoms with Gasteiger partial charge in [0.1, 0.15) is 23.5 Å². The summed E-state index contributed by atoms with van der Waals surface area (Å²) in [7, 11) is 0. The molecule has 0 aliphatic carbocycles. The molecule has 5 nitrogen and oxygen atoms in total. The van der Waals surface area contributed by atoms with Gasteiger partial charge in [-0.1, -0.05) is 0 Å². The molecule has 0 bridgehead atoms. The Morgan fingerprint density at radius 1 is 1.05 bits per heavy atom. The van der Waals surface area contributed by atoms with Crippen LogP contribution in [0.3, 0.4) is 0 Å². The van der Waals surface area contributed by atoms with E-state index in [9.17, 15) is 13.2 Å². The number of benzene rings is 1. The van der Waals surface area contributed by atoms with Crippen molar-refractivity contribution in [1.82, 2.24) is 9.97 Å². The molecule has 0 atom stereocenters. The minimum Gasteiger partial charge on any atom is -0.437 e. The summed E-state index contributed by atoms with van der Waals surface area (Å²) in [4.78, 5) is 7.47. The summed E-state index contributed by atoms with van der Waals surface area (Å²) in [5.41, 5.74) is 5.78. The molecular formula is C11H8F3N3O2. The summed E-state index contributed by atoms with van der Waals surface area (Å²) in [5.74, 6) is 0.0647. The van der Waals surface area contributed by atoms with E-state index in [1.54, 1.807) is 0 Å². The van der Waals surface area contributed by atoms with Gasteiger partial charge in [0.15, 0.2) is 0 Å². The molecule has 2 N–H and O–H groups in total. The molecule has 0 aliphatic heterocycles. The predicted octanol–water partition coefficient (Wildman–Crippen LogP) is 2.75. The molecule has 1 aromatic carbocycles. The van der Waals surface area contributed by atoms with E-state index in [0.29, 0.717) is 0 Å². The zero-order chi connectivity index (χ0) is 13.9. The SMILES string of the molecule is Nc1cncnc1Oc1ccc(OC(F)(F)F)cc1. The van der Waals surface area contributed by atoms with Crippen molar-refractivity contribution >= 4 is 5.69 Å². The third-order valence-corrected chi connectivity index (χ3v) is 1.97. The highest BCUT2D eigenvalue weighted by Gasteiger charge is 2.30. The van der Waals surface area contributed by atoms with Crippen LogP contribution in [0.2, 0.25) is 0 Å². The van der Waals surface area contributed by atoms with Crippen molar-refractivity contribution < 1.29 is 22.6 Å². The Labute approximate surface area is 105 Å². The van der Waals surface area contributed by atoms with Gasteiger partial charge in [0, 0.05) is 0 Å². The van der Waals surface area contributed by atoms with Crippen LogP contribution < -0.4 is 15.2 Å². The lowest BCUT2D eigenvalue weighted by atomic mass is 10.3. The maximum atomic E-state index is 12.0. The monoisotopic (exact) mass is 271 g/mol. The first-order valence-corrected chi connectivity index (χ1v) is 5.03. The lowest BCUT2D eigenvalue weighted by Gasteiger charge is -2.10. The third kappa shape index (κ3) is 3.73. The van der Waals surface area contributed by atoms with Gasteiger partial charge in [-0.15, -0.1) is 13.2 Å². The predicted molar refractivity (Wildman–Crippen MR) is 59.6 cm³/mol. The van der Waals surface area contributed by atoms with Crippen molar-refractivity contribution in [3.63, 3.8) is 0 Å². The number of anilines is 1. The fourth-order valence-corrected chi connectivity index (χ4v) is 1.24. The molecule has 0 fully saturated rings. The molecule has 0 amide bonds. The van der Waals surface area contributed by atoms with E-state index in [4.69, 9.17) is 10.5 Å². The second-order valence-corrected chi connectivity index (χ2v) is 3.40. The smallest absolute Gasteiger partial charge is 0.437 e. The zero-order valence-electron chi connectivity index (χ0n) is 9.39. The largest absolute Gasteiger partial charge is 0.573 e. The standard InChI is InChI=1S/C11H8F3N3O2/c12-11(13,14)19-8-3-1-7(2-4-8)18-10-9(15)5-16-6-17-10/h1-6H,15H2. The Morgan fingerprint density at radius 2 is 1.68 bits per heavy atom. The number of halogens is 3.